The van der Waals surface area contributed by atoms with Crippen molar-refractivity contribution in [2.45, 2.75) is 18.8 Å². The Labute approximate surface area is 157 Å². The Morgan fingerprint density at radius 3 is 2.93 bits per heavy atom. The highest BCUT2D eigenvalue weighted by Gasteiger charge is 2.29. The number of aromatic nitrogens is 3. The minimum atomic E-state index is -0.0164. The zero-order valence-corrected chi connectivity index (χ0v) is 15.0. The third-order valence-corrected chi connectivity index (χ3v) is 4.74. The van der Waals surface area contributed by atoms with Crippen molar-refractivity contribution in [3.8, 4) is 17.2 Å². The first-order valence-electron chi connectivity index (χ1n) is 8.92. The molecule has 1 unspecified atom stereocenters. The maximum Gasteiger partial charge on any atom is 0.255 e. The number of likely N-dealkylation sites (tertiary alicyclic amines) is 1. The molecule has 0 radical (unpaired) electrons. The van der Waals surface area contributed by atoms with Crippen molar-refractivity contribution < 1.29 is 13.9 Å². The lowest BCUT2D eigenvalue weighted by molar-refractivity contribution is 0.0698. The Morgan fingerprint density at radius 2 is 2.11 bits per heavy atom. The standard InChI is InChI=1S/C20H20N4O3/c1-26-17-9-3-2-8-16(17)19-23-22-18(27-19)15-7-5-11-24(13-15)20(25)14-6-4-10-21-12-14/h2-4,6,8-10,12,15H,5,7,11,13H2,1H3. The summed E-state index contributed by atoms with van der Waals surface area (Å²) >= 11 is 0. The van der Waals surface area contributed by atoms with Crippen LogP contribution in [0.5, 0.6) is 5.75 Å². The van der Waals surface area contributed by atoms with Gasteiger partial charge in [-0.3, -0.25) is 9.78 Å². The average molecular weight is 364 g/mol. The van der Waals surface area contributed by atoms with Crippen LogP contribution in [0.25, 0.3) is 11.5 Å². The van der Waals surface area contributed by atoms with E-state index in [0.717, 1.165) is 24.9 Å². The summed E-state index contributed by atoms with van der Waals surface area (Å²) in [5, 5.41) is 8.42. The molecule has 4 rings (SSSR count). The molecule has 1 aliphatic rings. The van der Waals surface area contributed by atoms with Gasteiger partial charge in [-0.2, -0.15) is 0 Å². The van der Waals surface area contributed by atoms with Gasteiger partial charge in [-0.15, -0.1) is 10.2 Å². The van der Waals surface area contributed by atoms with Gasteiger partial charge in [0.2, 0.25) is 5.89 Å². The van der Waals surface area contributed by atoms with Crippen LogP contribution >= 0.6 is 0 Å². The number of carbonyl (C=O) groups is 1. The van der Waals surface area contributed by atoms with Crippen LogP contribution in [0.4, 0.5) is 0 Å². The van der Waals surface area contributed by atoms with Crippen molar-refractivity contribution in [1.82, 2.24) is 20.1 Å². The summed E-state index contributed by atoms with van der Waals surface area (Å²) in [4.78, 5) is 18.6. The number of para-hydroxylation sites is 1. The van der Waals surface area contributed by atoms with Crippen molar-refractivity contribution in [3.63, 3.8) is 0 Å². The number of nitrogens with zero attached hydrogens (tertiary/aromatic N) is 4. The first kappa shape index (κ1) is 17.2. The zero-order chi connectivity index (χ0) is 18.6. The Hall–Kier alpha value is -3.22. The number of piperidine rings is 1. The minimum absolute atomic E-state index is 0.0164. The van der Waals surface area contributed by atoms with Crippen molar-refractivity contribution in [2.24, 2.45) is 0 Å². The molecule has 1 aliphatic heterocycles. The molecule has 0 N–H and O–H groups in total. The van der Waals surface area contributed by atoms with Gasteiger partial charge < -0.3 is 14.1 Å². The Bertz CT molecular complexity index is 926. The van der Waals surface area contributed by atoms with E-state index in [1.807, 2.05) is 29.2 Å². The van der Waals surface area contributed by atoms with Gasteiger partial charge in [-0.25, -0.2) is 0 Å². The van der Waals surface area contributed by atoms with E-state index in [1.165, 1.54) is 0 Å². The molecule has 2 aromatic heterocycles. The Morgan fingerprint density at radius 1 is 1.22 bits per heavy atom. The van der Waals surface area contributed by atoms with Crippen molar-refractivity contribution in [3.05, 3.63) is 60.2 Å². The van der Waals surface area contributed by atoms with Crippen LogP contribution in [-0.4, -0.2) is 46.2 Å². The molecule has 138 valence electrons. The maximum atomic E-state index is 12.7. The quantitative estimate of drug-likeness (QED) is 0.707. The molecule has 1 fully saturated rings. The molecule has 1 saturated heterocycles. The summed E-state index contributed by atoms with van der Waals surface area (Å²) in [6, 6.07) is 11.1. The van der Waals surface area contributed by atoms with E-state index in [2.05, 4.69) is 15.2 Å². The Balaban J connectivity index is 1.52. The highest BCUT2D eigenvalue weighted by atomic mass is 16.5. The number of amides is 1. The number of methoxy groups -OCH3 is 1. The topological polar surface area (TPSA) is 81.4 Å². The number of rotatable bonds is 4. The second-order valence-corrected chi connectivity index (χ2v) is 6.48. The highest BCUT2D eigenvalue weighted by Crippen LogP contribution is 2.32. The van der Waals surface area contributed by atoms with Gasteiger partial charge >= 0.3 is 0 Å². The lowest BCUT2D eigenvalue weighted by atomic mass is 9.97. The van der Waals surface area contributed by atoms with Crippen LogP contribution in [0.2, 0.25) is 0 Å². The number of carbonyl (C=O) groups excluding carboxylic acids is 1. The second-order valence-electron chi connectivity index (χ2n) is 6.48. The molecule has 0 bridgehead atoms. The van der Waals surface area contributed by atoms with Crippen molar-refractivity contribution >= 4 is 5.91 Å². The smallest absolute Gasteiger partial charge is 0.255 e. The molecule has 1 aromatic carbocycles. The van der Waals surface area contributed by atoms with Crippen molar-refractivity contribution in [1.29, 1.82) is 0 Å². The van der Waals surface area contributed by atoms with Crippen LogP contribution in [0.1, 0.15) is 35.0 Å². The first-order valence-corrected chi connectivity index (χ1v) is 8.92. The Kier molecular flexibility index (Phi) is 4.82. The lowest BCUT2D eigenvalue weighted by Crippen LogP contribution is -2.39. The van der Waals surface area contributed by atoms with E-state index >= 15 is 0 Å². The predicted molar refractivity (Wildman–Crippen MR) is 98.4 cm³/mol. The number of hydrogen-bond acceptors (Lipinski definition) is 6. The fourth-order valence-electron chi connectivity index (χ4n) is 3.36. The van der Waals surface area contributed by atoms with Gasteiger partial charge in [-0.05, 0) is 37.1 Å². The molecular formula is C20H20N4O3. The molecule has 1 amide bonds. The zero-order valence-electron chi connectivity index (χ0n) is 15.0. The molecule has 7 nitrogen and oxygen atoms in total. The average Bonchev–Trinajstić information content (AvgIpc) is 3.24. The summed E-state index contributed by atoms with van der Waals surface area (Å²) < 4.78 is 11.3. The van der Waals surface area contributed by atoms with E-state index in [4.69, 9.17) is 9.15 Å². The summed E-state index contributed by atoms with van der Waals surface area (Å²) in [6.45, 7) is 1.28. The first-order chi connectivity index (χ1) is 13.3. The highest BCUT2D eigenvalue weighted by molar-refractivity contribution is 5.94. The van der Waals surface area contributed by atoms with Crippen molar-refractivity contribution in [2.75, 3.05) is 20.2 Å². The molecule has 3 heterocycles. The number of pyridine rings is 1. The molecular weight excluding hydrogens is 344 g/mol. The molecule has 7 heteroatoms. The number of ether oxygens (including phenoxy) is 1. The van der Waals surface area contributed by atoms with Gasteiger partial charge in [0.1, 0.15) is 5.75 Å². The predicted octanol–water partition coefficient (Wildman–Crippen LogP) is 3.16. The van der Waals surface area contributed by atoms with E-state index in [1.54, 1.807) is 31.6 Å². The largest absolute Gasteiger partial charge is 0.496 e. The molecule has 1 atom stereocenters. The molecule has 0 spiro atoms. The fraction of sp³-hybridized carbons (Fsp3) is 0.300. The monoisotopic (exact) mass is 364 g/mol. The van der Waals surface area contributed by atoms with E-state index in [-0.39, 0.29) is 11.8 Å². The van der Waals surface area contributed by atoms with E-state index in [9.17, 15) is 4.79 Å². The van der Waals surface area contributed by atoms with Gasteiger partial charge in [-0.1, -0.05) is 12.1 Å². The van der Waals surface area contributed by atoms with E-state index in [0.29, 0.717) is 29.6 Å². The summed E-state index contributed by atoms with van der Waals surface area (Å²) in [6.07, 6.45) is 5.06. The number of benzene rings is 1. The number of hydrogen-bond donors (Lipinski definition) is 0. The molecule has 0 saturated carbocycles. The normalized spacial score (nSPS) is 16.9. The fourth-order valence-corrected chi connectivity index (χ4v) is 3.36. The van der Waals surface area contributed by atoms with Crippen LogP contribution < -0.4 is 4.74 Å². The lowest BCUT2D eigenvalue weighted by Gasteiger charge is -2.31. The maximum absolute atomic E-state index is 12.7. The summed E-state index contributed by atoms with van der Waals surface area (Å²) in [5.41, 5.74) is 1.36. The molecule has 3 aromatic rings. The molecule has 27 heavy (non-hydrogen) atoms. The summed E-state index contributed by atoms with van der Waals surface area (Å²) in [5.74, 6) is 1.68. The van der Waals surface area contributed by atoms with Crippen LogP contribution in [0, 0.1) is 0 Å². The van der Waals surface area contributed by atoms with Gasteiger partial charge in [0.25, 0.3) is 11.8 Å². The van der Waals surface area contributed by atoms with Crippen LogP contribution in [0.3, 0.4) is 0 Å². The SMILES string of the molecule is COc1ccccc1-c1nnc(C2CCCN(C(=O)c3cccnc3)C2)o1. The van der Waals surface area contributed by atoms with Gasteiger partial charge in [0.15, 0.2) is 0 Å². The van der Waals surface area contributed by atoms with Gasteiger partial charge in [0, 0.05) is 25.5 Å². The second kappa shape index (κ2) is 7.57. The molecule has 0 aliphatic carbocycles. The minimum Gasteiger partial charge on any atom is -0.496 e. The van der Waals surface area contributed by atoms with Crippen LogP contribution in [-0.2, 0) is 0 Å². The van der Waals surface area contributed by atoms with Crippen LogP contribution in [0.15, 0.2) is 53.2 Å². The van der Waals surface area contributed by atoms with E-state index < -0.39 is 0 Å². The summed E-state index contributed by atoms with van der Waals surface area (Å²) in [7, 11) is 1.61. The van der Waals surface area contributed by atoms with Gasteiger partial charge in [0.05, 0.1) is 24.2 Å². The third-order valence-electron chi connectivity index (χ3n) is 4.74. The third kappa shape index (κ3) is 3.53.